The second-order valence-electron chi connectivity index (χ2n) is 3.83. The Bertz CT molecular complexity index is 381. The average Bonchev–Trinajstić information content (AvgIpc) is 2.67. The monoisotopic (exact) mass is 323 g/mol. The summed E-state index contributed by atoms with van der Waals surface area (Å²) in [5.74, 6) is 0.00509. The molecule has 1 unspecified atom stereocenters. The van der Waals surface area contributed by atoms with Crippen molar-refractivity contribution in [2.24, 2.45) is 5.73 Å². The van der Waals surface area contributed by atoms with Crippen molar-refractivity contribution in [2.45, 2.75) is 26.4 Å². The van der Waals surface area contributed by atoms with Gasteiger partial charge in [0.25, 0.3) is 5.91 Å². The Morgan fingerprint density at radius 2 is 2.24 bits per heavy atom. The Morgan fingerprint density at radius 1 is 1.65 bits per heavy atom. The van der Waals surface area contributed by atoms with E-state index in [1.54, 1.807) is 11.9 Å². The lowest BCUT2D eigenvalue weighted by atomic mass is 10.2. The third kappa shape index (κ3) is 3.72. The molecule has 0 aliphatic rings. The van der Waals surface area contributed by atoms with E-state index in [-0.39, 0.29) is 24.4 Å². The number of halogens is 2. The SMILES string of the molecule is CCn1cc(Br)cc1C(=O)N(C)C(C)CN.Cl. The number of aromatic nitrogens is 1. The van der Waals surface area contributed by atoms with Crippen molar-refractivity contribution >= 4 is 34.2 Å². The van der Waals surface area contributed by atoms with Crippen molar-refractivity contribution in [1.29, 1.82) is 0 Å². The highest BCUT2D eigenvalue weighted by Crippen LogP contribution is 2.17. The number of aryl methyl sites for hydroxylation is 1. The number of hydrogen-bond donors (Lipinski definition) is 1. The predicted octanol–water partition coefficient (Wildman–Crippen LogP) is 2.11. The molecule has 0 aliphatic carbocycles. The number of nitrogens with two attached hydrogens (primary N) is 1. The van der Waals surface area contributed by atoms with E-state index in [0.29, 0.717) is 12.2 Å². The molecule has 0 aliphatic heterocycles. The third-order valence-electron chi connectivity index (χ3n) is 2.75. The maximum absolute atomic E-state index is 12.2. The minimum absolute atomic E-state index is 0. The first-order valence-electron chi connectivity index (χ1n) is 5.34. The summed E-state index contributed by atoms with van der Waals surface area (Å²) < 4.78 is 2.85. The van der Waals surface area contributed by atoms with E-state index in [1.165, 1.54) is 0 Å². The molecule has 0 saturated carbocycles. The summed E-state index contributed by atoms with van der Waals surface area (Å²) in [5, 5.41) is 0. The molecule has 1 rings (SSSR count). The summed E-state index contributed by atoms with van der Waals surface area (Å²) in [7, 11) is 1.78. The maximum atomic E-state index is 12.2. The van der Waals surface area contributed by atoms with Gasteiger partial charge in [-0.2, -0.15) is 0 Å². The van der Waals surface area contributed by atoms with E-state index in [4.69, 9.17) is 5.73 Å². The molecule has 0 spiro atoms. The van der Waals surface area contributed by atoms with Crippen LogP contribution < -0.4 is 5.73 Å². The van der Waals surface area contributed by atoms with Gasteiger partial charge in [-0.15, -0.1) is 12.4 Å². The smallest absolute Gasteiger partial charge is 0.270 e. The van der Waals surface area contributed by atoms with E-state index >= 15 is 0 Å². The molecule has 0 fully saturated rings. The van der Waals surface area contributed by atoms with Gasteiger partial charge in [0.15, 0.2) is 0 Å². The van der Waals surface area contributed by atoms with Crippen LogP contribution in [-0.2, 0) is 6.54 Å². The highest BCUT2D eigenvalue weighted by molar-refractivity contribution is 9.10. The van der Waals surface area contributed by atoms with E-state index < -0.39 is 0 Å². The molecule has 1 aromatic heterocycles. The summed E-state index contributed by atoms with van der Waals surface area (Å²) in [5.41, 5.74) is 6.25. The fourth-order valence-corrected chi connectivity index (χ4v) is 1.92. The summed E-state index contributed by atoms with van der Waals surface area (Å²) in [6, 6.07) is 1.89. The van der Waals surface area contributed by atoms with Crippen LogP contribution >= 0.6 is 28.3 Å². The molecule has 1 heterocycles. The predicted molar refractivity (Wildman–Crippen MR) is 75.7 cm³/mol. The molecule has 2 N–H and O–H groups in total. The third-order valence-corrected chi connectivity index (χ3v) is 3.18. The van der Waals surface area contributed by atoms with Gasteiger partial charge in [-0.3, -0.25) is 4.79 Å². The number of carbonyl (C=O) groups is 1. The van der Waals surface area contributed by atoms with Gasteiger partial charge < -0.3 is 15.2 Å². The van der Waals surface area contributed by atoms with Gasteiger partial charge in [-0.05, 0) is 35.8 Å². The van der Waals surface area contributed by atoms with E-state index in [0.717, 1.165) is 11.0 Å². The highest BCUT2D eigenvalue weighted by Gasteiger charge is 2.19. The molecular weight excluding hydrogens is 305 g/mol. The van der Waals surface area contributed by atoms with Gasteiger partial charge in [-0.25, -0.2) is 0 Å². The Morgan fingerprint density at radius 3 is 2.71 bits per heavy atom. The number of nitrogens with zero attached hydrogens (tertiary/aromatic N) is 2. The molecule has 0 aromatic carbocycles. The van der Waals surface area contributed by atoms with Crippen molar-refractivity contribution in [3.8, 4) is 0 Å². The number of likely N-dealkylation sites (N-methyl/N-ethyl adjacent to an activating group) is 1. The van der Waals surface area contributed by atoms with E-state index in [1.807, 2.05) is 30.7 Å². The lowest BCUT2D eigenvalue weighted by molar-refractivity contribution is 0.0737. The van der Waals surface area contributed by atoms with Crippen LogP contribution in [0.15, 0.2) is 16.7 Å². The Hall–Kier alpha value is -0.520. The average molecular weight is 325 g/mol. The molecule has 6 heteroatoms. The Balaban J connectivity index is 0.00000256. The van der Waals surface area contributed by atoms with Crippen LogP contribution in [0, 0.1) is 0 Å². The van der Waals surface area contributed by atoms with Crippen LogP contribution in [0.25, 0.3) is 0 Å². The fraction of sp³-hybridized carbons (Fsp3) is 0.545. The van der Waals surface area contributed by atoms with Gasteiger partial charge in [0.2, 0.25) is 0 Å². The van der Waals surface area contributed by atoms with Crippen LogP contribution in [-0.4, -0.2) is 35.0 Å². The van der Waals surface area contributed by atoms with Crippen LogP contribution in [0.5, 0.6) is 0 Å². The molecule has 1 aromatic rings. The van der Waals surface area contributed by atoms with E-state index in [9.17, 15) is 4.79 Å². The van der Waals surface area contributed by atoms with Gasteiger partial charge >= 0.3 is 0 Å². The lowest BCUT2D eigenvalue weighted by Crippen LogP contribution is -2.40. The van der Waals surface area contributed by atoms with E-state index in [2.05, 4.69) is 15.9 Å². The lowest BCUT2D eigenvalue weighted by Gasteiger charge is -2.24. The van der Waals surface area contributed by atoms with Gasteiger partial charge in [0.05, 0.1) is 0 Å². The second-order valence-corrected chi connectivity index (χ2v) is 4.75. The first-order valence-corrected chi connectivity index (χ1v) is 6.13. The molecule has 17 heavy (non-hydrogen) atoms. The Kier molecular flexibility index (Phi) is 6.82. The van der Waals surface area contributed by atoms with Crippen molar-refractivity contribution in [3.63, 3.8) is 0 Å². The molecule has 0 bridgehead atoms. The summed E-state index contributed by atoms with van der Waals surface area (Å²) >= 11 is 3.38. The van der Waals surface area contributed by atoms with Crippen LogP contribution in [0.3, 0.4) is 0 Å². The number of amides is 1. The van der Waals surface area contributed by atoms with Crippen LogP contribution in [0.2, 0.25) is 0 Å². The maximum Gasteiger partial charge on any atom is 0.270 e. The number of hydrogen-bond acceptors (Lipinski definition) is 2. The summed E-state index contributed by atoms with van der Waals surface area (Å²) in [6.45, 7) is 5.19. The molecule has 0 saturated heterocycles. The minimum atomic E-state index is 0. The van der Waals surface area contributed by atoms with Gasteiger partial charge in [-0.1, -0.05) is 0 Å². The zero-order chi connectivity index (χ0) is 12.3. The number of rotatable bonds is 4. The topological polar surface area (TPSA) is 51.3 Å². The molecule has 98 valence electrons. The zero-order valence-corrected chi connectivity index (χ0v) is 12.7. The zero-order valence-electron chi connectivity index (χ0n) is 10.3. The summed E-state index contributed by atoms with van der Waals surface area (Å²) in [4.78, 5) is 13.8. The van der Waals surface area contributed by atoms with Crippen LogP contribution in [0.1, 0.15) is 24.3 Å². The normalized spacial score (nSPS) is 11.8. The molecule has 0 radical (unpaired) electrons. The van der Waals surface area contributed by atoms with Crippen molar-refractivity contribution in [3.05, 3.63) is 22.4 Å². The fourth-order valence-electron chi connectivity index (χ4n) is 1.45. The highest BCUT2D eigenvalue weighted by atomic mass is 79.9. The van der Waals surface area contributed by atoms with Crippen molar-refractivity contribution < 1.29 is 4.79 Å². The molecule has 1 atom stereocenters. The van der Waals surface area contributed by atoms with Crippen molar-refractivity contribution in [2.75, 3.05) is 13.6 Å². The number of carbonyl (C=O) groups excluding carboxylic acids is 1. The molecule has 4 nitrogen and oxygen atoms in total. The van der Waals surface area contributed by atoms with Crippen molar-refractivity contribution in [1.82, 2.24) is 9.47 Å². The van der Waals surface area contributed by atoms with Crippen LogP contribution in [0.4, 0.5) is 0 Å². The standard InChI is InChI=1S/C11H18BrN3O.ClH/c1-4-15-7-9(12)5-10(15)11(16)14(3)8(2)6-13;/h5,7-8H,4,6,13H2,1-3H3;1H. The molecular formula is C11H19BrClN3O. The largest absolute Gasteiger partial charge is 0.343 e. The first-order chi connectivity index (χ1) is 7.51. The summed E-state index contributed by atoms with van der Waals surface area (Å²) in [6.07, 6.45) is 1.91. The van der Waals surface area contributed by atoms with Gasteiger partial charge in [0, 0.05) is 36.8 Å². The Labute approximate surface area is 117 Å². The minimum Gasteiger partial charge on any atom is -0.343 e. The second kappa shape index (κ2) is 7.03. The quantitative estimate of drug-likeness (QED) is 0.922. The first kappa shape index (κ1) is 16.5. The van der Waals surface area contributed by atoms with Gasteiger partial charge in [0.1, 0.15) is 5.69 Å². The molecule has 1 amide bonds.